The van der Waals surface area contributed by atoms with E-state index in [1.165, 1.54) is 0 Å². The molecule has 1 aromatic rings. The van der Waals surface area contributed by atoms with E-state index >= 15 is 0 Å². The van der Waals surface area contributed by atoms with E-state index in [0.717, 1.165) is 12.0 Å². The third kappa shape index (κ3) is 2.52. The van der Waals surface area contributed by atoms with Crippen molar-refractivity contribution in [3.63, 3.8) is 0 Å². The molecule has 0 bridgehead atoms. The van der Waals surface area contributed by atoms with Crippen molar-refractivity contribution in [1.82, 2.24) is 0 Å². The summed E-state index contributed by atoms with van der Waals surface area (Å²) in [6.45, 7) is 9.28. The van der Waals surface area contributed by atoms with Crippen LogP contribution in [-0.2, 0) is 9.47 Å². The summed E-state index contributed by atoms with van der Waals surface area (Å²) >= 11 is 0. The number of rotatable bonds is 1. The van der Waals surface area contributed by atoms with Crippen molar-refractivity contribution in [2.75, 3.05) is 6.61 Å². The minimum atomic E-state index is -0.343. The second kappa shape index (κ2) is 5.08. The molecular formula is C18H26O3. The summed E-state index contributed by atoms with van der Waals surface area (Å²) < 4.78 is 12.3. The van der Waals surface area contributed by atoms with Crippen LogP contribution < -0.4 is 0 Å². The van der Waals surface area contributed by atoms with Gasteiger partial charge in [-0.3, -0.25) is 0 Å². The van der Waals surface area contributed by atoms with Crippen LogP contribution >= 0.6 is 0 Å². The molecule has 2 aliphatic rings. The fourth-order valence-electron chi connectivity index (χ4n) is 4.40. The van der Waals surface area contributed by atoms with Gasteiger partial charge in [-0.2, -0.15) is 0 Å². The first-order chi connectivity index (χ1) is 9.83. The maximum absolute atomic E-state index is 10.6. The molecule has 3 heteroatoms. The molecule has 1 N–H and O–H groups in total. The molecule has 1 saturated carbocycles. The van der Waals surface area contributed by atoms with E-state index in [1.54, 1.807) is 0 Å². The number of aliphatic hydroxyl groups is 1. The van der Waals surface area contributed by atoms with Crippen molar-refractivity contribution >= 4 is 0 Å². The van der Waals surface area contributed by atoms with Gasteiger partial charge in [-0.1, -0.05) is 58.0 Å². The van der Waals surface area contributed by atoms with Crippen LogP contribution in [0.15, 0.2) is 30.3 Å². The molecule has 0 aromatic heterocycles. The fourth-order valence-corrected chi connectivity index (χ4v) is 4.40. The van der Waals surface area contributed by atoms with Crippen molar-refractivity contribution in [3.8, 4) is 0 Å². The highest BCUT2D eigenvalue weighted by atomic mass is 16.7. The van der Waals surface area contributed by atoms with Crippen LogP contribution in [0.1, 0.15) is 46.0 Å². The maximum Gasteiger partial charge on any atom is 0.184 e. The average molecular weight is 290 g/mol. The smallest absolute Gasteiger partial charge is 0.184 e. The van der Waals surface area contributed by atoms with Gasteiger partial charge >= 0.3 is 0 Å². The predicted molar refractivity (Wildman–Crippen MR) is 81.7 cm³/mol. The van der Waals surface area contributed by atoms with Crippen LogP contribution in [0.4, 0.5) is 0 Å². The van der Waals surface area contributed by atoms with Gasteiger partial charge in [0.15, 0.2) is 6.29 Å². The minimum Gasteiger partial charge on any atom is -0.392 e. The number of hydrogen-bond donors (Lipinski definition) is 1. The second-order valence-corrected chi connectivity index (χ2v) is 7.73. The fraction of sp³-hybridized carbons (Fsp3) is 0.667. The molecule has 5 unspecified atom stereocenters. The molecule has 1 heterocycles. The van der Waals surface area contributed by atoms with E-state index in [4.69, 9.17) is 9.47 Å². The Bertz CT molecular complexity index is 498. The summed E-state index contributed by atoms with van der Waals surface area (Å²) in [5.74, 6) is 0.105. The Hall–Kier alpha value is -0.900. The van der Waals surface area contributed by atoms with Crippen molar-refractivity contribution in [1.29, 1.82) is 0 Å². The summed E-state index contributed by atoms with van der Waals surface area (Å²) in [7, 11) is 0. The zero-order valence-corrected chi connectivity index (χ0v) is 13.4. The molecule has 5 atom stereocenters. The van der Waals surface area contributed by atoms with Gasteiger partial charge in [0.2, 0.25) is 0 Å². The molecule has 0 amide bonds. The topological polar surface area (TPSA) is 38.7 Å². The van der Waals surface area contributed by atoms with Gasteiger partial charge in [0.05, 0.1) is 18.8 Å². The highest BCUT2D eigenvalue weighted by molar-refractivity contribution is 5.17. The Balaban J connectivity index is 1.85. The summed E-state index contributed by atoms with van der Waals surface area (Å²) in [4.78, 5) is 0. The zero-order valence-electron chi connectivity index (χ0n) is 13.4. The molecule has 1 aliphatic heterocycles. The predicted octanol–water partition coefficient (Wildman–Crippen LogP) is 3.53. The van der Waals surface area contributed by atoms with Gasteiger partial charge < -0.3 is 14.6 Å². The molecule has 116 valence electrons. The first kappa shape index (κ1) is 15.0. The van der Waals surface area contributed by atoms with E-state index in [1.807, 2.05) is 30.3 Å². The summed E-state index contributed by atoms with van der Waals surface area (Å²) in [6.07, 6.45) is 0.280. The van der Waals surface area contributed by atoms with E-state index in [-0.39, 0.29) is 35.2 Å². The normalized spacial score (nSPS) is 42.3. The number of hydrogen-bond acceptors (Lipinski definition) is 3. The number of benzene rings is 1. The third-order valence-corrected chi connectivity index (χ3v) is 5.23. The lowest BCUT2D eigenvalue weighted by molar-refractivity contribution is -0.311. The summed E-state index contributed by atoms with van der Waals surface area (Å²) in [5.41, 5.74) is 0.913. The van der Waals surface area contributed by atoms with Crippen molar-refractivity contribution in [2.24, 2.45) is 16.7 Å². The molecule has 1 saturated heterocycles. The van der Waals surface area contributed by atoms with Crippen molar-refractivity contribution in [3.05, 3.63) is 35.9 Å². The Morgan fingerprint density at radius 1 is 1.14 bits per heavy atom. The van der Waals surface area contributed by atoms with Crippen LogP contribution in [0, 0.1) is 16.7 Å². The van der Waals surface area contributed by atoms with Crippen LogP contribution in [0.5, 0.6) is 0 Å². The first-order valence-corrected chi connectivity index (χ1v) is 7.84. The first-order valence-electron chi connectivity index (χ1n) is 7.84. The van der Waals surface area contributed by atoms with E-state index in [0.29, 0.717) is 6.61 Å². The molecule has 1 aliphatic carbocycles. The summed E-state index contributed by atoms with van der Waals surface area (Å²) in [5, 5.41) is 10.6. The molecule has 2 fully saturated rings. The van der Waals surface area contributed by atoms with Gasteiger partial charge in [-0.25, -0.2) is 0 Å². The van der Waals surface area contributed by atoms with Gasteiger partial charge in [0.25, 0.3) is 0 Å². The largest absolute Gasteiger partial charge is 0.392 e. The van der Waals surface area contributed by atoms with Gasteiger partial charge in [-0.15, -0.1) is 0 Å². The lowest BCUT2D eigenvalue weighted by Crippen LogP contribution is -2.59. The van der Waals surface area contributed by atoms with Gasteiger partial charge in [0.1, 0.15) is 0 Å². The Labute approximate surface area is 127 Å². The molecule has 3 nitrogen and oxygen atoms in total. The Morgan fingerprint density at radius 2 is 1.81 bits per heavy atom. The molecule has 3 rings (SSSR count). The van der Waals surface area contributed by atoms with Crippen LogP contribution in [0.25, 0.3) is 0 Å². The van der Waals surface area contributed by atoms with Crippen LogP contribution in [0.2, 0.25) is 0 Å². The molecule has 0 radical (unpaired) electrons. The highest BCUT2D eigenvalue weighted by Crippen LogP contribution is 2.53. The Kier molecular flexibility index (Phi) is 3.63. The zero-order chi connectivity index (χ0) is 15.3. The molecule has 21 heavy (non-hydrogen) atoms. The van der Waals surface area contributed by atoms with Crippen LogP contribution in [0.3, 0.4) is 0 Å². The van der Waals surface area contributed by atoms with Gasteiger partial charge in [-0.05, 0) is 11.8 Å². The lowest BCUT2D eigenvalue weighted by atomic mass is 9.57. The Morgan fingerprint density at radius 3 is 2.48 bits per heavy atom. The minimum absolute atomic E-state index is 0.0273. The van der Waals surface area contributed by atoms with E-state index in [9.17, 15) is 5.11 Å². The standard InChI is InChI=1S/C18H26O3/c1-12-14(19)17(2,3)10-18(4)11-20-16(21-15(12)18)13-8-6-5-7-9-13/h5-9,12,14-16,19H,10-11H2,1-4H3. The van der Waals surface area contributed by atoms with Crippen LogP contribution in [-0.4, -0.2) is 23.9 Å². The number of ether oxygens (including phenoxy) is 2. The van der Waals surface area contributed by atoms with Crippen molar-refractivity contribution in [2.45, 2.75) is 52.6 Å². The quantitative estimate of drug-likeness (QED) is 0.860. The van der Waals surface area contributed by atoms with E-state index < -0.39 is 0 Å². The SMILES string of the molecule is CC1C(O)C(C)(C)CC2(C)COC(c3ccccc3)OC12. The number of fused-ring (bicyclic) bond motifs is 1. The molecule has 0 spiro atoms. The second-order valence-electron chi connectivity index (χ2n) is 7.73. The number of aliphatic hydroxyl groups excluding tert-OH is 1. The van der Waals surface area contributed by atoms with Gasteiger partial charge in [0, 0.05) is 16.9 Å². The van der Waals surface area contributed by atoms with Crippen molar-refractivity contribution < 1.29 is 14.6 Å². The third-order valence-electron chi connectivity index (χ3n) is 5.23. The highest BCUT2D eigenvalue weighted by Gasteiger charge is 2.55. The van der Waals surface area contributed by atoms with E-state index in [2.05, 4.69) is 27.7 Å². The molecular weight excluding hydrogens is 264 g/mol. The summed E-state index contributed by atoms with van der Waals surface area (Å²) in [6, 6.07) is 10.0. The molecule has 1 aromatic carbocycles. The lowest BCUT2D eigenvalue weighted by Gasteiger charge is -2.56. The maximum atomic E-state index is 10.6. The average Bonchev–Trinajstić information content (AvgIpc) is 2.45. The monoisotopic (exact) mass is 290 g/mol.